The molecule has 0 aliphatic heterocycles. The Morgan fingerprint density at radius 3 is 2.80 bits per heavy atom. The lowest BCUT2D eigenvalue weighted by Crippen LogP contribution is -2.11. The van der Waals surface area contributed by atoms with Crippen LogP contribution in [-0.4, -0.2) is 33.5 Å². The van der Waals surface area contributed by atoms with Gasteiger partial charge in [0.15, 0.2) is 0 Å². The van der Waals surface area contributed by atoms with E-state index in [9.17, 15) is 15.0 Å². The van der Waals surface area contributed by atoms with E-state index in [-0.39, 0.29) is 12.3 Å². The molecule has 0 aromatic carbocycles. The van der Waals surface area contributed by atoms with Crippen LogP contribution in [-0.2, 0) is 4.79 Å². The number of carboxylic acid groups (broad SMARTS) is 1. The maximum absolute atomic E-state index is 10.4. The molecule has 0 amide bonds. The summed E-state index contributed by atoms with van der Waals surface area (Å²) in [4.78, 5) is 10.4. The van der Waals surface area contributed by atoms with Crippen LogP contribution in [0.2, 0.25) is 0 Å². The zero-order chi connectivity index (χ0) is 15.0. The van der Waals surface area contributed by atoms with E-state index >= 15 is 0 Å². The Balaban J connectivity index is 2.19. The lowest BCUT2D eigenvalue weighted by atomic mass is 10.1. The Kier molecular flexibility index (Phi) is 7.06. The van der Waals surface area contributed by atoms with E-state index in [4.69, 9.17) is 11.5 Å². The average Bonchev–Trinajstić information content (AvgIpc) is 3.14. The van der Waals surface area contributed by atoms with Gasteiger partial charge in [0.2, 0.25) is 0 Å². The van der Waals surface area contributed by atoms with Crippen molar-refractivity contribution in [3.05, 3.63) is 24.3 Å². The molecular weight excluding hydrogens is 256 g/mol. The smallest absolute Gasteiger partial charge is 0.303 e. The Bertz CT molecular complexity index is 405. The van der Waals surface area contributed by atoms with Gasteiger partial charge in [-0.2, -0.15) is 0 Å². The first-order valence-electron chi connectivity index (χ1n) is 6.91. The zero-order valence-electron chi connectivity index (χ0n) is 11.5. The van der Waals surface area contributed by atoms with Gasteiger partial charge < -0.3 is 15.3 Å². The molecule has 4 nitrogen and oxygen atoms in total. The lowest BCUT2D eigenvalue weighted by molar-refractivity contribution is -0.137. The summed E-state index contributed by atoms with van der Waals surface area (Å²) < 4.78 is 0. The van der Waals surface area contributed by atoms with E-state index in [0.717, 1.165) is 6.42 Å². The molecule has 0 aromatic heterocycles. The molecule has 4 atom stereocenters. The topological polar surface area (TPSA) is 77.8 Å². The second kappa shape index (κ2) is 8.57. The van der Waals surface area contributed by atoms with Crippen molar-refractivity contribution in [1.29, 1.82) is 0 Å². The molecule has 0 unspecified atom stereocenters. The fraction of sp³-hybridized carbons (Fsp3) is 0.562. The summed E-state index contributed by atoms with van der Waals surface area (Å²) in [5, 5.41) is 27.8. The Morgan fingerprint density at radius 2 is 2.15 bits per heavy atom. The summed E-state index contributed by atoms with van der Waals surface area (Å²) in [7, 11) is 0. The third kappa shape index (κ3) is 6.55. The van der Waals surface area contributed by atoms with Crippen LogP contribution in [0.1, 0.15) is 32.1 Å². The van der Waals surface area contributed by atoms with Crippen molar-refractivity contribution in [2.45, 2.75) is 44.3 Å². The minimum atomic E-state index is -0.819. The van der Waals surface area contributed by atoms with Gasteiger partial charge in [0, 0.05) is 12.8 Å². The monoisotopic (exact) mass is 278 g/mol. The molecule has 0 saturated heterocycles. The first kappa shape index (κ1) is 16.5. The predicted octanol–water partition coefficient (Wildman–Crippen LogP) is 1.73. The summed E-state index contributed by atoms with van der Waals surface area (Å²) in [6, 6.07) is 0. The predicted molar refractivity (Wildman–Crippen MR) is 76.8 cm³/mol. The van der Waals surface area contributed by atoms with Crippen molar-refractivity contribution in [1.82, 2.24) is 0 Å². The molecule has 4 heteroatoms. The fourth-order valence-electron chi connectivity index (χ4n) is 2.16. The second-order valence-corrected chi connectivity index (χ2v) is 5.16. The van der Waals surface area contributed by atoms with Crippen molar-refractivity contribution >= 4 is 5.97 Å². The first-order valence-corrected chi connectivity index (χ1v) is 6.91. The van der Waals surface area contributed by atoms with E-state index < -0.39 is 18.2 Å². The standard InChI is InChI=1S/C16H22O4/c1-2-6-13(17)8-4-3-7-12-11-14(12)15(18)9-5-10-16(19)20/h1,3-4,7-8,12-15,17-18H,5-6,9-11H2,(H,19,20)/t12-,13-,14+,15+/m1/s1. The van der Waals surface area contributed by atoms with Crippen LogP contribution in [0, 0.1) is 24.2 Å². The van der Waals surface area contributed by atoms with E-state index in [2.05, 4.69) is 5.92 Å². The summed E-state index contributed by atoms with van der Waals surface area (Å²) >= 11 is 0. The highest BCUT2D eigenvalue weighted by molar-refractivity contribution is 5.66. The zero-order valence-corrected chi connectivity index (χ0v) is 11.5. The number of aliphatic hydroxyl groups excluding tert-OH is 2. The van der Waals surface area contributed by atoms with Gasteiger partial charge in [0.05, 0.1) is 12.2 Å². The number of carboxylic acids is 1. The maximum atomic E-state index is 10.4. The third-order valence-corrected chi connectivity index (χ3v) is 3.41. The average molecular weight is 278 g/mol. The van der Waals surface area contributed by atoms with E-state index in [1.807, 2.05) is 12.2 Å². The van der Waals surface area contributed by atoms with Crippen LogP contribution in [0.4, 0.5) is 0 Å². The van der Waals surface area contributed by atoms with Gasteiger partial charge in [-0.3, -0.25) is 4.79 Å². The highest BCUT2D eigenvalue weighted by Crippen LogP contribution is 2.43. The number of allylic oxidation sites excluding steroid dienone is 3. The summed E-state index contributed by atoms with van der Waals surface area (Å²) in [5.41, 5.74) is 0. The quantitative estimate of drug-likeness (QED) is 0.443. The van der Waals surface area contributed by atoms with Crippen LogP contribution >= 0.6 is 0 Å². The van der Waals surface area contributed by atoms with Crippen LogP contribution < -0.4 is 0 Å². The van der Waals surface area contributed by atoms with Crippen LogP contribution in [0.25, 0.3) is 0 Å². The van der Waals surface area contributed by atoms with Crippen molar-refractivity contribution in [3.8, 4) is 12.3 Å². The van der Waals surface area contributed by atoms with Gasteiger partial charge in [0.25, 0.3) is 0 Å². The molecule has 0 radical (unpaired) electrons. The molecule has 1 saturated carbocycles. The number of rotatable bonds is 9. The molecule has 1 rings (SSSR count). The van der Waals surface area contributed by atoms with E-state index in [0.29, 0.717) is 25.2 Å². The molecular formula is C16H22O4. The Morgan fingerprint density at radius 1 is 1.40 bits per heavy atom. The minimum absolute atomic E-state index is 0.111. The molecule has 1 aliphatic carbocycles. The normalized spacial score (nSPS) is 24.6. The van der Waals surface area contributed by atoms with E-state index in [1.165, 1.54) is 0 Å². The maximum Gasteiger partial charge on any atom is 0.303 e. The fourth-order valence-corrected chi connectivity index (χ4v) is 2.16. The van der Waals surface area contributed by atoms with Gasteiger partial charge in [-0.15, -0.1) is 12.3 Å². The molecule has 3 N–H and O–H groups in total. The second-order valence-electron chi connectivity index (χ2n) is 5.16. The van der Waals surface area contributed by atoms with Crippen LogP contribution in [0.5, 0.6) is 0 Å². The van der Waals surface area contributed by atoms with Crippen molar-refractivity contribution in [2.24, 2.45) is 11.8 Å². The number of hydrogen-bond acceptors (Lipinski definition) is 3. The molecule has 0 heterocycles. The summed E-state index contributed by atoms with van der Waals surface area (Å²) in [6.45, 7) is 0. The number of aliphatic carboxylic acids is 1. The van der Waals surface area contributed by atoms with Gasteiger partial charge in [-0.1, -0.05) is 24.3 Å². The molecule has 1 aliphatic rings. The number of terminal acetylenes is 1. The van der Waals surface area contributed by atoms with Crippen LogP contribution in [0.15, 0.2) is 24.3 Å². The van der Waals surface area contributed by atoms with Crippen LogP contribution in [0.3, 0.4) is 0 Å². The highest BCUT2D eigenvalue weighted by atomic mass is 16.4. The van der Waals surface area contributed by atoms with Crippen molar-refractivity contribution in [2.75, 3.05) is 0 Å². The van der Waals surface area contributed by atoms with Gasteiger partial charge in [-0.25, -0.2) is 0 Å². The third-order valence-electron chi connectivity index (χ3n) is 3.41. The number of aliphatic hydroxyl groups is 2. The molecule has 0 bridgehead atoms. The van der Waals surface area contributed by atoms with Crippen molar-refractivity contribution < 1.29 is 20.1 Å². The number of carbonyl (C=O) groups is 1. The number of hydrogen-bond donors (Lipinski definition) is 3. The first-order chi connectivity index (χ1) is 9.54. The van der Waals surface area contributed by atoms with Crippen molar-refractivity contribution in [3.63, 3.8) is 0 Å². The molecule has 110 valence electrons. The summed E-state index contributed by atoms with van der Waals surface area (Å²) in [5.74, 6) is 2.15. The molecule has 20 heavy (non-hydrogen) atoms. The Hall–Kier alpha value is -1.57. The molecule has 0 spiro atoms. The largest absolute Gasteiger partial charge is 0.481 e. The molecule has 1 fully saturated rings. The summed E-state index contributed by atoms with van der Waals surface area (Å²) in [6.07, 6.45) is 13.7. The van der Waals surface area contributed by atoms with Gasteiger partial charge in [0.1, 0.15) is 0 Å². The minimum Gasteiger partial charge on any atom is -0.481 e. The SMILES string of the molecule is C#CC[C@@H](O)C=CC=C[C@@H]1C[C@@H]1[C@@H](O)CCCC(=O)O. The van der Waals surface area contributed by atoms with E-state index in [1.54, 1.807) is 12.2 Å². The highest BCUT2D eigenvalue weighted by Gasteiger charge is 2.39. The van der Waals surface area contributed by atoms with Gasteiger partial charge >= 0.3 is 5.97 Å². The molecule has 0 aromatic rings. The lowest BCUT2D eigenvalue weighted by Gasteiger charge is -2.07. The Labute approximate surface area is 119 Å². The van der Waals surface area contributed by atoms with Gasteiger partial charge in [-0.05, 0) is 31.1 Å².